The third kappa shape index (κ3) is 2.78. The molecule has 0 N–H and O–H groups in total. The normalized spacial score (nSPS) is 13.3. The van der Waals surface area contributed by atoms with Crippen LogP contribution >= 0.6 is 0 Å². The smallest absolute Gasteiger partial charge is 0.252 e. The van der Waals surface area contributed by atoms with Crippen molar-refractivity contribution >= 4 is 101 Å². The van der Waals surface area contributed by atoms with Crippen LogP contribution in [-0.2, 0) is 0 Å². The van der Waals surface area contributed by atoms with Crippen molar-refractivity contribution in [1.29, 1.82) is 0 Å². The van der Waals surface area contributed by atoms with E-state index in [1.54, 1.807) is 0 Å². The monoisotopic (exact) mass is 661 g/mol. The van der Waals surface area contributed by atoms with Gasteiger partial charge in [-0.2, -0.15) is 0 Å². The number of nitrogens with zero attached hydrogens (tertiary/aromatic N) is 7. The maximum Gasteiger partial charge on any atom is 0.252 e. The highest BCUT2D eigenvalue weighted by molar-refractivity contribution is 7.00. The van der Waals surface area contributed by atoms with Crippen LogP contribution in [0.4, 0.5) is 0 Å². The topological polar surface area (TPSA) is 49.4 Å². The summed E-state index contributed by atoms with van der Waals surface area (Å²) in [5, 5.41) is 2.49. The zero-order valence-corrected chi connectivity index (χ0v) is 27.6. The van der Waals surface area contributed by atoms with Gasteiger partial charge in [0.2, 0.25) is 11.6 Å². The molecule has 7 aromatic carbocycles. The summed E-state index contributed by atoms with van der Waals surface area (Å²) >= 11 is 0. The van der Waals surface area contributed by atoms with E-state index in [-0.39, 0.29) is 6.71 Å². The maximum atomic E-state index is 5.34. The minimum Gasteiger partial charge on any atom is -0.309 e. The molecule has 7 heterocycles. The van der Waals surface area contributed by atoms with E-state index in [2.05, 4.69) is 168 Å². The first kappa shape index (κ1) is 25.9. The molecule has 0 saturated heterocycles. The van der Waals surface area contributed by atoms with Gasteiger partial charge in [-0.3, -0.25) is 17.9 Å². The fourth-order valence-corrected chi connectivity index (χ4v) is 9.95. The largest absolute Gasteiger partial charge is 0.309 e. The molecule has 5 aromatic heterocycles. The predicted molar refractivity (Wildman–Crippen MR) is 212 cm³/mol. The summed E-state index contributed by atoms with van der Waals surface area (Å²) < 4.78 is 12.0. The van der Waals surface area contributed by atoms with Crippen LogP contribution in [0.2, 0.25) is 0 Å². The van der Waals surface area contributed by atoms with Crippen molar-refractivity contribution in [3.8, 4) is 17.1 Å². The molecule has 7 nitrogen and oxygen atoms in total. The molecule has 0 atom stereocenters. The minimum absolute atomic E-state index is 0.0290. The van der Waals surface area contributed by atoms with Crippen LogP contribution in [0.5, 0.6) is 0 Å². The number of benzene rings is 7. The van der Waals surface area contributed by atoms with Gasteiger partial charge in [0, 0.05) is 22.1 Å². The Morgan fingerprint density at radius 1 is 0.404 bits per heavy atom. The van der Waals surface area contributed by atoms with E-state index >= 15 is 0 Å². The van der Waals surface area contributed by atoms with Crippen LogP contribution < -0.4 is 16.4 Å². The van der Waals surface area contributed by atoms with Gasteiger partial charge in [-0.15, -0.1) is 0 Å². The lowest BCUT2D eigenvalue weighted by Crippen LogP contribution is -2.59. The molecule has 12 aromatic rings. The lowest BCUT2D eigenvalue weighted by molar-refractivity contribution is 1.06. The van der Waals surface area contributed by atoms with Gasteiger partial charge in [-0.25, -0.2) is 9.97 Å². The van der Waals surface area contributed by atoms with Crippen LogP contribution in [0, 0.1) is 0 Å². The molecular formula is C44H24BN7. The molecule has 2 aliphatic heterocycles. The first-order chi connectivity index (χ1) is 25.8. The zero-order chi connectivity index (χ0) is 33.4. The molecule has 14 rings (SSSR count). The Morgan fingerprint density at radius 2 is 0.846 bits per heavy atom. The van der Waals surface area contributed by atoms with Crippen LogP contribution in [0.3, 0.4) is 0 Å². The Morgan fingerprint density at radius 3 is 1.37 bits per heavy atom. The van der Waals surface area contributed by atoms with E-state index in [1.165, 1.54) is 60.3 Å². The van der Waals surface area contributed by atoms with E-state index in [0.29, 0.717) is 0 Å². The third-order valence-corrected chi connectivity index (χ3v) is 11.9. The molecule has 0 unspecified atom stereocenters. The van der Waals surface area contributed by atoms with Crippen molar-refractivity contribution in [2.45, 2.75) is 0 Å². The van der Waals surface area contributed by atoms with Gasteiger partial charge in [-0.1, -0.05) is 84.9 Å². The van der Waals surface area contributed by atoms with E-state index in [4.69, 9.17) is 9.97 Å². The first-order valence-corrected chi connectivity index (χ1v) is 17.8. The molecule has 0 bridgehead atoms. The Bertz CT molecular complexity index is 3380. The SMILES string of the molecule is c1ccc2c(c1)nc1n3c4c(cccc4n21)B1c2c-3cc(-n3c4ccccc4c4ccccc43)cc2-n2c3c1cccc3n1c3ccccc3nc21. The summed E-state index contributed by atoms with van der Waals surface area (Å²) in [5.74, 6) is 1.86. The summed E-state index contributed by atoms with van der Waals surface area (Å²) in [5.41, 5.74) is 18.6. The molecule has 8 heteroatoms. The van der Waals surface area contributed by atoms with Crippen molar-refractivity contribution in [1.82, 2.24) is 32.5 Å². The van der Waals surface area contributed by atoms with Gasteiger partial charge in [-0.05, 0) is 77.1 Å². The highest BCUT2D eigenvalue weighted by Gasteiger charge is 2.42. The molecule has 52 heavy (non-hydrogen) atoms. The Labute approximate surface area is 294 Å². The highest BCUT2D eigenvalue weighted by Crippen LogP contribution is 2.39. The van der Waals surface area contributed by atoms with Crippen LogP contribution in [0.25, 0.3) is 94.6 Å². The lowest BCUT2D eigenvalue weighted by atomic mass is 9.34. The summed E-state index contributed by atoms with van der Waals surface area (Å²) in [6, 6.07) is 53.0. The number of aromatic nitrogens is 7. The number of fused-ring (bicyclic) bond motifs is 17. The third-order valence-electron chi connectivity index (χ3n) is 11.9. The van der Waals surface area contributed by atoms with Gasteiger partial charge in [0.25, 0.3) is 6.71 Å². The van der Waals surface area contributed by atoms with Crippen LogP contribution in [0.1, 0.15) is 0 Å². The van der Waals surface area contributed by atoms with Crippen LogP contribution in [-0.4, -0.2) is 39.2 Å². The number of rotatable bonds is 1. The van der Waals surface area contributed by atoms with E-state index in [9.17, 15) is 0 Å². The lowest BCUT2D eigenvalue weighted by Gasteiger charge is -2.33. The average Bonchev–Trinajstić information content (AvgIpc) is 3.98. The van der Waals surface area contributed by atoms with Gasteiger partial charge >= 0.3 is 0 Å². The fraction of sp³-hybridized carbons (Fsp3) is 0. The quantitative estimate of drug-likeness (QED) is 0.172. The molecule has 0 fully saturated rings. The second-order valence-electron chi connectivity index (χ2n) is 14.3. The standard InChI is InChI=1S/C44H24BN7/c1-5-17-32-26(11-1)27-12-2-6-18-33(27)48(32)25-23-38-40-39(24-25)52-42-29(14-10-22-37(42)50-35-20-8-4-16-31(35)47-44(50)52)45(40)28-13-9-21-36-41(28)51(38)43-46-30-15-3-7-19-34(30)49(36)43/h1-24H. The first-order valence-electron chi connectivity index (χ1n) is 17.8. The van der Waals surface area contributed by atoms with Crippen molar-refractivity contribution < 1.29 is 0 Å². The van der Waals surface area contributed by atoms with Gasteiger partial charge in [0.15, 0.2) is 0 Å². The molecule has 0 spiro atoms. The zero-order valence-electron chi connectivity index (χ0n) is 27.6. The van der Waals surface area contributed by atoms with Crippen molar-refractivity contribution in [2.75, 3.05) is 0 Å². The van der Waals surface area contributed by atoms with E-state index < -0.39 is 0 Å². The summed E-state index contributed by atoms with van der Waals surface area (Å²) in [4.78, 5) is 10.7. The van der Waals surface area contributed by atoms with Crippen molar-refractivity contribution in [3.05, 3.63) is 146 Å². The summed E-state index contributed by atoms with van der Waals surface area (Å²) in [6.45, 7) is 0.0290. The van der Waals surface area contributed by atoms with Gasteiger partial charge in [0.05, 0.1) is 60.9 Å². The minimum atomic E-state index is 0.0290. The second-order valence-corrected chi connectivity index (χ2v) is 14.3. The molecule has 238 valence electrons. The Kier molecular flexibility index (Phi) is 4.29. The van der Waals surface area contributed by atoms with Gasteiger partial charge < -0.3 is 4.57 Å². The second kappa shape index (κ2) is 8.62. The predicted octanol–water partition coefficient (Wildman–Crippen LogP) is 7.42. The highest BCUT2D eigenvalue weighted by atomic mass is 15.2. The number of para-hydroxylation sites is 8. The number of hydrogen-bond donors (Lipinski definition) is 0. The van der Waals surface area contributed by atoms with Crippen molar-refractivity contribution in [2.24, 2.45) is 0 Å². The Balaban J connectivity index is 1.24. The Hall–Kier alpha value is -7.06. The fourth-order valence-electron chi connectivity index (χ4n) is 9.95. The maximum absolute atomic E-state index is 5.34. The number of imidazole rings is 4. The summed E-state index contributed by atoms with van der Waals surface area (Å²) in [7, 11) is 0. The van der Waals surface area contributed by atoms with Crippen LogP contribution in [0.15, 0.2) is 146 Å². The van der Waals surface area contributed by atoms with Crippen molar-refractivity contribution in [3.63, 3.8) is 0 Å². The molecular weight excluding hydrogens is 637 g/mol. The molecule has 0 saturated carbocycles. The molecule has 0 aliphatic carbocycles. The molecule has 2 aliphatic rings. The number of hydrogen-bond acceptors (Lipinski definition) is 2. The summed E-state index contributed by atoms with van der Waals surface area (Å²) in [6.07, 6.45) is 0. The van der Waals surface area contributed by atoms with Gasteiger partial charge in [0.1, 0.15) is 0 Å². The van der Waals surface area contributed by atoms with E-state index in [1.807, 2.05) is 0 Å². The molecule has 0 amide bonds. The van der Waals surface area contributed by atoms with E-state index in [0.717, 1.165) is 50.7 Å². The average molecular weight is 662 g/mol. The molecule has 0 radical (unpaired) electrons.